The van der Waals surface area contributed by atoms with Gasteiger partial charge in [-0.05, 0) is 32.1 Å². The van der Waals surface area contributed by atoms with Gasteiger partial charge >= 0.3 is 6.03 Å². The smallest absolute Gasteiger partial charge is 0.314 e. The standard InChI is InChI=1S/C13H23N3O2/c1-11(17)14-9-10-16-13(18)15-8-7-12-5-3-2-4-6-12/h5H,2-4,6-10H2,1H3,(H,14,17)(H2,15,16,18). The van der Waals surface area contributed by atoms with Crippen molar-refractivity contribution >= 4 is 11.9 Å². The lowest BCUT2D eigenvalue weighted by Crippen LogP contribution is -2.40. The molecule has 0 aromatic carbocycles. The van der Waals surface area contributed by atoms with E-state index in [4.69, 9.17) is 0 Å². The van der Waals surface area contributed by atoms with Crippen LogP contribution in [0.15, 0.2) is 11.6 Å². The first-order valence-electron chi connectivity index (χ1n) is 6.62. The lowest BCUT2D eigenvalue weighted by Gasteiger charge is -2.13. The first-order valence-corrected chi connectivity index (χ1v) is 6.62. The van der Waals surface area contributed by atoms with Crippen LogP contribution in [0.2, 0.25) is 0 Å². The molecule has 0 heterocycles. The molecule has 0 fully saturated rings. The van der Waals surface area contributed by atoms with Gasteiger partial charge in [-0.2, -0.15) is 0 Å². The normalized spacial score (nSPS) is 14.6. The van der Waals surface area contributed by atoms with Crippen LogP contribution in [0.1, 0.15) is 39.0 Å². The fourth-order valence-electron chi connectivity index (χ4n) is 1.95. The van der Waals surface area contributed by atoms with Gasteiger partial charge in [0.2, 0.25) is 5.91 Å². The summed E-state index contributed by atoms with van der Waals surface area (Å²) in [5.41, 5.74) is 1.46. The molecule has 1 rings (SSSR count). The van der Waals surface area contributed by atoms with E-state index in [1.807, 2.05) is 0 Å². The zero-order chi connectivity index (χ0) is 13.2. The second-order valence-electron chi connectivity index (χ2n) is 4.52. The summed E-state index contributed by atoms with van der Waals surface area (Å²) in [7, 11) is 0. The van der Waals surface area contributed by atoms with Crippen LogP contribution in [0.25, 0.3) is 0 Å². The van der Waals surface area contributed by atoms with Crippen LogP contribution < -0.4 is 16.0 Å². The Morgan fingerprint density at radius 1 is 1.11 bits per heavy atom. The van der Waals surface area contributed by atoms with Gasteiger partial charge in [0.1, 0.15) is 0 Å². The Bertz CT molecular complexity index is 313. The molecule has 0 aliphatic heterocycles. The third-order valence-electron chi connectivity index (χ3n) is 2.90. The fraction of sp³-hybridized carbons (Fsp3) is 0.692. The van der Waals surface area contributed by atoms with Crippen molar-refractivity contribution < 1.29 is 9.59 Å². The number of urea groups is 1. The topological polar surface area (TPSA) is 70.2 Å². The van der Waals surface area contributed by atoms with Crippen LogP contribution in [0, 0.1) is 0 Å². The Hall–Kier alpha value is -1.52. The van der Waals surface area contributed by atoms with Gasteiger partial charge in [0.15, 0.2) is 0 Å². The molecule has 0 spiro atoms. The summed E-state index contributed by atoms with van der Waals surface area (Å²) < 4.78 is 0. The van der Waals surface area contributed by atoms with Gasteiger partial charge in [0, 0.05) is 26.6 Å². The number of hydrogen-bond acceptors (Lipinski definition) is 2. The molecule has 0 aromatic heterocycles. The van der Waals surface area contributed by atoms with Gasteiger partial charge in [-0.25, -0.2) is 4.79 Å². The number of carbonyl (C=O) groups excluding carboxylic acids is 2. The monoisotopic (exact) mass is 253 g/mol. The molecule has 0 atom stereocenters. The van der Waals surface area contributed by atoms with Crippen molar-refractivity contribution in [2.75, 3.05) is 19.6 Å². The maximum atomic E-state index is 11.4. The number of rotatable bonds is 6. The minimum atomic E-state index is -0.170. The predicted octanol–water partition coefficient (Wildman–Crippen LogP) is 1.31. The average Bonchev–Trinajstić information content (AvgIpc) is 2.36. The zero-order valence-electron chi connectivity index (χ0n) is 11.1. The molecule has 0 saturated carbocycles. The minimum Gasteiger partial charge on any atom is -0.355 e. The summed E-state index contributed by atoms with van der Waals surface area (Å²) in [6.45, 7) is 3.05. The van der Waals surface area contributed by atoms with Gasteiger partial charge in [-0.1, -0.05) is 11.6 Å². The van der Waals surface area contributed by atoms with Gasteiger partial charge in [-0.3, -0.25) is 4.79 Å². The molecule has 5 nitrogen and oxygen atoms in total. The van der Waals surface area contributed by atoms with Crippen molar-refractivity contribution in [2.24, 2.45) is 0 Å². The molecule has 18 heavy (non-hydrogen) atoms. The highest BCUT2D eigenvalue weighted by Crippen LogP contribution is 2.19. The summed E-state index contributed by atoms with van der Waals surface area (Å²) in [5.74, 6) is -0.0820. The molecule has 0 bridgehead atoms. The summed E-state index contributed by atoms with van der Waals surface area (Å²) in [6.07, 6.45) is 8.15. The van der Waals surface area contributed by atoms with Gasteiger partial charge < -0.3 is 16.0 Å². The van der Waals surface area contributed by atoms with Crippen LogP contribution in [0.5, 0.6) is 0 Å². The second kappa shape index (κ2) is 8.55. The third kappa shape index (κ3) is 6.93. The SMILES string of the molecule is CC(=O)NCCNC(=O)NCCC1=CCCCC1. The summed E-state index contributed by atoms with van der Waals surface area (Å²) in [4.78, 5) is 22.0. The first kappa shape index (κ1) is 14.5. The van der Waals surface area contributed by atoms with Crippen LogP contribution in [-0.4, -0.2) is 31.6 Å². The molecular weight excluding hydrogens is 230 g/mol. The zero-order valence-corrected chi connectivity index (χ0v) is 11.1. The van der Waals surface area contributed by atoms with Crippen LogP contribution in [0.3, 0.4) is 0 Å². The van der Waals surface area contributed by atoms with Crippen LogP contribution in [0.4, 0.5) is 4.79 Å². The van der Waals surface area contributed by atoms with E-state index in [0.717, 1.165) is 6.42 Å². The van der Waals surface area contributed by atoms with E-state index in [0.29, 0.717) is 19.6 Å². The second-order valence-corrected chi connectivity index (χ2v) is 4.52. The predicted molar refractivity (Wildman–Crippen MR) is 71.3 cm³/mol. The molecular formula is C13H23N3O2. The molecule has 0 unspecified atom stereocenters. The Morgan fingerprint density at radius 2 is 1.83 bits per heavy atom. The molecule has 1 aliphatic rings. The highest BCUT2D eigenvalue weighted by molar-refractivity contribution is 5.74. The molecule has 0 radical (unpaired) electrons. The molecule has 3 amide bonds. The number of nitrogens with one attached hydrogen (secondary N) is 3. The molecule has 1 aliphatic carbocycles. The highest BCUT2D eigenvalue weighted by atomic mass is 16.2. The van der Waals surface area contributed by atoms with E-state index < -0.39 is 0 Å². The lowest BCUT2D eigenvalue weighted by molar-refractivity contribution is -0.118. The summed E-state index contributed by atoms with van der Waals surface area (Å²) in [5, 5.41) is 8.12. The summed E-state index contributed by atoms with van der Waals surface area (Å²) >= 11 is 0. The maximum absolute atomic E-state index is 11.4. The molecule has 0 saturated heterocycles. The average molecular weight is 253 g/mol. The van der Waals surface area contributed by atoms with Gasteiger partial charge in [0.05, 0.1) is 0 Å². The van der Waals surface area contributed by atoms with Crippen LogP contribution >= 0.6 is 0 Å². The summed E-state index contributed by atoms with van der Waals surface area (Å²) in [6, 6.07) is -0.170. The molecule has 5 heteroatoms. The van der Waals surface area contributed by atoms with E-state index in [1.54, 1.807) is 0 Å². The Morgan fingerprint density at radius 3 is 2.50 bits per heavy atom. The molecule has 102 valence electrons. The van der Waals surface area contributed by atoms with Crippen molar-refractivity contribution in [1.29, 1.82) is 0 Å². The lowest BCUT2D eigenvalue weighted by atomic mass is 9.97. The number of amides is 3. The Kier molecular flexibility index (Phi) is 6.91. The van der Waals surface area contributed by atoms with E-state index in [2.05, 4.69) is 22.0 Å². The van der Waals surface area contributed by atoms with Crippen molar-refractivity contribution in [3.05, 3.63) is 11.6 Å². The van der Waals surface area contributed by atoms with Crippen molar-refractivity contribution in [3.63, 3.8) is 0 Å². The van der Waals surface area contributed by atoms with E-state index in [-0.39, 0.29) is 11.9 Å². The van der Waals surface area contributed by atoms with Gasteiger partial charge in [0.25, 0.3) is 0 Å². The van der Waals surface area contributed by atoms with Crippen LogP contribution in [-0.2, 0) is 4.79 Å². The van der Waals surface area contributed by atoms with E-state index >= 15 is 0 Å². The van der Waals surface area contributed by atoms with Gasteiger partial charge in [-0.15, -0.1) is 0 Å². The first-order chi connectivity index (χ1) is 8.68. The van der Waals surface area contributed by atoms with E-state index in [9.17, 15) is 9.59 Å². The van der Waals surface area contributed by atoms with E-state index in [1.165, 1.54) is 38.2 Å². The molecule has 0 aromatic rings. The van der Waals surface area contributed by atoms with Crippen molar-refractivity contribution in [1.82, 2.24) is 16.0 Å². The quantitative estimate of drug-likeness (QED) is 0.493. The number of hydrogen-bond donors (Lipinski definition) is 3. The third-order valence-corrected chi connectivity index (χ3v) is 2.90. The Balaban J connectivity index is 1.99. The number of allylic oxidation sites excluding steroid dienone is 1. The number of carbonyl (C=O) groups is 2. The minimum absolute atomic E-state index is 0.0820. The fourth-order valence-corrected chi connectivity index (χ4v) is 1.95. The largest absolute Gasteiger partial charge is 0.355 e. The molecule has 3 N–H and O–H groups in total. The van der Waals surface area contributed by atoms with Crippen molar-refractivity contribution in [2.45, 2.75) is 39.0 Å². The van der Waals surface area contributed by atoms with Crippen molar-refractivity contribution in [3.8, 4) is 0 Å². The maximum Gasteiger partial charge on any atom is 0.314 e. The Labute approximate surface area is 108 Å². The highest BCUT2D eigenvalue weighted by Gasteiger charge is 2.04.